The van der Waals surface area contributed by atoms with Crippen LogP contribution in [0.2, 0.25) is 0 Å². The maximum atomic E-state index is 5.39. The van der Waals surface area contributed by atoms with Gasteiger partial charge in [0.15, 0.2) is 0 Å². The van der Waals surface area contributed by atoms with Gasteiger partial charge in [-0.2, -0.15) is 0 Å². The van der Waals surface area contributed by atoms with E-state index < -0.39 is 0 Å². The van der Waals surface area contributed by atoms with Crippen LogP contribution in [0.4, 0.5) is 34.1 Å². The zero-order valence-electron chi connectivity index (χ0n) is 26.7. The average molecular weight is 603 g/mol. The second-order valence-corrected chi connectivity index (χ2v) is 11.3. The highest BCUT2D eigenvalue weighted by Crippen LogP contribution is 2.37. The predicted molar refractivity (Wildman–Crippen MR) is 194 cm³/mol. The molecule has 6 aromatic rings. The number of anilines is 6. The summed E-state index contributed by atoms with van der Waals surface area (Å²) in [5, 5.41) is 0. The molecule has 0 amide bonds. The number of methoxy groups -OCH3 is 2. The lowest BCUT2D eigenvalue weighted by atomic mass is 10.1. The molecule has 4 nitrogen and oxygen atoms in total. The fourth-order valence-corrected chi connectivity index (χ4v) is 5.41. The summed E-state index contributed by atoms with van der Waals surface area (Å²) < 4.78 is 10.8. The summed E-state index contributed by atoms with van der Waals surface area (Å²) in [6, 6.07) is 50.9. The smallest absolute Gasteiger partial charge is 0.119 e. The van der Waals surface area contributed by atoms with Gasteiger partial charge in [-0.3, -0.25) is 0 Å². The van der Waals surface area contributed by atoms with Crippen LogP contribution in [0, 0.1) is 13.8 Å². The second kappa shape index (κ2) is 13.9. The molecular formula is C42H38N2O2. The minimum atomic E-state index is 0.838. The lowest BCUT2D eigenvalue weighted by Crippen LogP contribution is -2.09. The molecule has 0 fully saturated rings. The quantitative estimate of drug-likeness (QED) is 0.146. The highest BCUT2D eigenvalue weighted by Gasteiger charge is 2.14. The molecule has 6 aromatic carbocycles. The van der Waals surface area contributed by atoms with Gasteiger partial charge >= 0.3 is 0 Å². The fourth-order valence-electron chi connectivity index (χ4n) is 5.41. The molecule has 228 valence electrons. The largest absolute Gasteiger partial charge is 0.497 e. The molecule has 0 heterocycles. The van der Waals surface area contributed by atoms with Crippen LogP contribution in [0.1, 0.15) is 22.3 Å². The van der Waals surface area contributed by atoms with Gasteiger partial charge in [-0.05, 0) is 122 Å². The Hall–Kier alpha value is -5.74. The van der Waals surface area contributed by atoms with Crippen molar-refractivity contribution in [1.29, 1.82) is 0 Å². The maximum absolute atomic E-state index is 5.39. The number of benzene rings is 6. The number of nitrogens with zero attached hydrogens (tertiary/aromatic N) is 2. The average Bonchev–Trinajstić information content (AvgIpc) is 3.11. The Kier molecular flexibility index (Phi) is 9.17. The molecule has 0 N–H and O–H groups in total. The van der Waals surface area contributed by atoms with Crippen LogP contribution < -0.4 is 19.3 Å². The zero-order valence-corrected chi connectivity index (χ0v) is 26.7. The van der Waals surface area contributed by atoms with Gasteiger partial charge in [-0.15, -0.1) is 0 Å². The van der Waals surface area contributed by atoms with Gasteiger partial charge < -0.3 is 19.3 Å². The van der Waals surface area contributed by atoms with Crippen molar-refractivity contribution in [1.82, 2.24) is 0 Å². The molecule has 6 rings (SSSR count). The van der Waals surface area contributed by atoms with E-state index >= 15 is 0 Å². The van der Waals surface area contributed by atoms with Gasteiger partial charge in [0, 0.05) is 34.1 Å². The maximum Gasteiger partial charge on any atom is 0.119 e. The summed E-state index contributed by atoms with van der Waals surface area (Å²) in [5.74, 6) is 1.68. The number of ether oxygens (including phenoxy) is 2. The Bertz CT molecular complexity index is 1730. The van der Waals surface area contributed by atoms with Crippen LogP contribution in [-0.2, 0) is 0 Å². The normalized spacial score (nSPS) is 11.0. The van der Waals surface area contributed by atoms with E-state index in [0.29, 0.717) is 0 Å². The van der Waals surface area contributed by atoms with Gasteiger partial charge in [0.1, 0.15) is 11.5 Å². The van der Waals surface area contributed by atoms with Crippen molar-refractivity contribution in [3.8, 4) is 11.5 Å². The second-order valence-electron chi connectivity index (χ2n) is 11.3. The molecule has 0 aliphatic rings. The SMILES string of the molecule is COc1ccc(N(c2ccc(C)cc2)c2ccc(C=Cc3ccc(N(c4ccc(C)cc4)c4ccc(OC)cc4)cc3)cc2)cc1. The highest BCUT2D eigenvalue weighted by atomic mass is 16.5. The molecule has 0 saturated carbocycles. The zero-order chi connectivity index (χ0) is 31.9. The van der Waals surface area contributed by atoms with Crippen molar-refractivity contribution in [2.75, 3.05) is 24.0 Å². The number of hydrogen-bond donors (Lipinski definition) is 0. The molecule has 0 saturated heterocycles. The van der Waals surface area contributed by atoms with E-state index in [2.05, 4.69) is 157 Å². The van der Waals surface area contributed by atoms with E-state index in [1.807, 2.05) is 24.3 Å². The first kappa shape index (κ1) is 30.3. The summed E-state index contributed by atoms with van der Waals surface area (Å²) in [7, 11) is 3.38. The fraction of sp³-hybridized carbons (Fsp3) is 0.0952. The van der Waals surface area contributed by atoms with Gasteiger partial charge in [0.25, 0.3) is 0 Å². The van der Waals surface area contributed by atoms with Gasteiger partial charge in [0.05, 0.1) is 14.2 Å². The van der Waals surface area contributed by atoms with Crippen molar-refractivity contribution in [3.05, 3.63) is 168 Å². The molecule has 0 atom stereocenters. The number of hydrogen-bond acceptors (Lipinski definition) is 4. The monoisotopic (exact) mass is 602 g/mol. The molecular weight excluding hydrogens is 564 g/mol. The van der Waals surface area contributed by atoms with E-state index in [9.17, 15) is 0 Å². The third kappa shape index (κ3) is 6.98. The van der Waals surface area contributed by atoms with Crippen LogP contribution in [0.5, 0.6) is 11.5 Å². The Labute approximate surface area is 272 Å². The highest BCUT2D eigenvalue weighted by molar-refractivity contribution is 5.80. The standard InChI is InChI=1S/C42H38N2O2/c1-31-5-15-35(16-6-31)43(39-23-27-41(45-3)28-24-39)37-19-11-33(12-20-37)9-10-34-13-21-38(22-14-34)44(36-17-7-32(2)8-18-36)40-25-29-42(46-4)30-26-40/h5-30H,1-4H3. The Morgan fingerprint density at radius 1 is 0.348 bits per heavy atom. The molecule has 0 spiro atoms. The van der Waals surface area contributed by atoms with Gasteiger partial charge in [-0.1, -0.05) is 71.8 Å². The van der Waals surface area contributed by atoms with Crippen LogP contribution >= 0.6 is 0 Å². The lowest BCUT2D eigenvalue weighted by Gasteiger charge is -2.26. The Balaban J connectivity index is 1.23. The van der Waals surface area contributed by atoms with Crippen molar-refractivity contribution < 1.29 is 9.47 Å². The summed E-state index contributed by atoms with van der Waals surface area (Å²) in [6.45, 7) is 4.22. The van der Waals surface area contributed by atoms with Crippen molar-refractivity contribution in [2.45, 2.75) is 13.8 Å². The summed E-state index contributed by atoms with van der Waals surface area (Å²) in [6.07, 6.45) is 4.31. The van der Waals surface area contributed by atoms with Crippen LogP contribution in [-0.4, -0.2) is 14.2 Å². The molecule has 0 unspecified atom stereocenters. The van der Waals surface area contributed by atoms with Crippen LogP contribution in [0.15, 0.2) is 146 Å². The van der Waals surface area contributed by atoms with E-state index in [4.69, 9.17) is 9.47 Å². The first-order valence-corrected chi connectivity index (χ1v) is 15.4. The van der Waals surface area contributed by atoms with Crippen molar-refractivity contribution in [3.63, 3.8) is 0 Å². The molecule has 0 bridgehead atoms. The van der Waals surface area contributed by atoms with E-state index in [1.54, 1.807) is 14.2 Å². The lowest BCUT2D eigenvalue weighted by molar-refractivity contribution is 0.414. The summed E-state index contributed by atoms with van der Waals surface area (Å²) in [5.41, 5.74) is 11.3. The number of aryl methyl sites for hydroxylation is 2. The molecule has 4 heteroatoms. The molecule has 46 heavy (non-hydrogen) atoms. The van der Waals surface area contributed by atoms with E-state index in [0.717, 1.165) is 56.8 Å². The summed E-state index contributed by atoms with van der Waals surface area (Å²) >= 11 is 0. The number of rotatable bonds is 10. The molecule has 0 radical (unpaired) electrons. The van der Waals surface area contributed by atoms with Crippen molar-refractivity contribution >= 4 is 46.3 Å². The van der Waals surface area contributed by atoms with E-state index in [-0.39, 0.29) is 0 Å². The summed E-state index contributed by atoms with van der Waals surface area (Å²) in [4.78, 5) is 4.52. The minimum Gasteiger partial charge on any atom is -0.497 e. The minimum absolute atomic E-state index is 0.838. The topological polar surface area (TPSA) is 24.9 Å². The Morgan fingerprint density at radius 3 is 0.848 bits per heavy atom. The first-order chi connectivity index (χ1) is 22.5. The predicted octanol–water partition coefficient (Wildman–Crippen LogP) is 11.4. The van der Waals surface area contributed by atoms with E-state index in [1.165, 1.54) is 11.1 Å². The van der Waals surface area contributed by atoms with Crippen molar-refractivity contribution in [2.24, 2.45) is 0 Å². The first-order valence-electron chi connectivity index (χ1n) is 15.4. The molecule has 0 aliphatic carbocycles. The van der Waals surface area contributed by atoms with Gasteiger partial charge in [-0.25, -0.2) is 0 Å². The van der Waals surface area contributed by atoms with Gasteiger partial charge in [0.2, 0.25) is 0 Å². The molecule has 0 aliphatic heterocycles. The third-order valence-electron chi connectivity index (χ3n) is 8.02. The molecule has 0 aromatic heterocycles. The third-order valence-corrected chi connectivity index (χ3v) is 8.02. The van der Waals surface area contributed by atoms with Crippen LogP contribution in [0.25, 0.3) is 12.2 Å². The van der Waals surface area contributed by atoms with Crippen LogP contribution in [0.3, 0.4) is 0 Å². The Morgan fingerprint density at radius 2 is 0.587 bits per heavy atom.